The van der Waals surface area contributed by atoms with E-state index in [1.54, 1.807) is 18.8 Å². The van der Waals surface area contributed by atoms with Gasteiger partial charge in [0.15, 0.2) is 0 Å². The van der Waals surface area contributed by atoms with Crippen molar-refractivity contribution in [2.45, 2.75) is 6.42 Å². The van der Waals surface area contributed by atoms with Crippen LogP contribution in [0.5, 0.6) is 0 Å². The maximum atomic E-state index is 5.70. The number of imidazole rings is 1. The van der Waals surface area contributed by atoms with Crippen LogP contribution in [-0.2, 0) is 15.9 Å². The Bertz CT molecular complexity index is 944. The number of hydrogen-bond donors (Lipinski definition) is 0. The number of aromatic nitrogens is 4. The predicted molar refractivity (Wildman–Crippen MR) is 117 cm³/mol. The second kappa shape index (κ2) is 9.73. The van der Waals surface area contributed by atoms with Gasteiger partial charge < -0.3 is 19.3 Å². The Labute approximate surface area is 180 Å². The molecule has 0 bridgehead atoms. The molecule has 0 fully saturated rings. The molecule has 158 valence electrons. The van der Waals surface area contributed by atoms with Crippen LogP contribution in [0.25, 0.3) is 5.95 Å². The molecule has 0 saturated heterocycles. The van der Waals surface area contributed by atoms with Gasteiger partial charge in [-0.2, -0.15) is 9.36 Å². The van der Waals surface area contributed by atoms with Gasteiger partial charge in [-0.25, -0.2) is 4.98 Å². The summed E-state index contributed by atoms with van der Waals surface area (Å²) in [5.74, 6) is 1.83. The molecule has 0 N–H and O–H groups in total. The summed E-state index contributed by atoms with van der Waals surface area (Å²) in [7, 11) is 4.18. The highest BCUT2D eigenvalue weighted by Gasteiger charge is 2.22. The molecule has 1 unspecified atom stereocenters. The van der Waals surface area contributed by atoms with E-state index in [1.807, 2.05) is 23.9 Å². The topological polar surface area (TPSA) is 68.5 Å². The van der Waals surface area contributed by atoms with Gasteiger partial charge in [0.25, 0.3) is 0 Å². The maximum Gasteiger partial charge on any atom is 0.248 e. The monoisotopic (exact) mass is 426 g/mol. The summed E-state index contributed by atoms with van der Waals surface area (Å²) < 4.78 is 17.2. The van der Waals surface area contributed by atoms with Crippen molar-refractivity contribution in [3.8, 4) is 5.95 Å². The summed E-state index contributed by atoms with van der Waals surface area (Å²) in [4.78, 5) is 13.1. The Balaban J connectivity index is 1.32. The zero-order chi connectivity index (χ0) is 20.8. The molecular formula is C21H26N6O2S. The molecule has 0 radical (unpaired) electrons. The zero-order valence-corrected chi connectivity index (χ0v) is 18.0. The fourth-order valence-corrected chi connectivity index (χ4v) is 4.00. The number of nitrogens with zero attached hydrogens (tertiary/aromatic N) is 6. The number of rotatable bonds is 10. The zero-order valence-electron chi connectivity index (χ0n) is 17.2. The van der Waals surface area contributed by atoms with E-state index in [0.717, 1.165) is 36.9 Å². The molecule has 8 nitrogen and oxygen atoms in total. The van der Waals surface area contributed by atoms with E-state index in [4.69, 9.17) is 9.47 Å². The molecule has 1 aliphatic heterocycles. The standard InChI is InChI=1S/C21H26N6O2S/c1-25(10-11-26(2)21-23-20(24-30-21)27-9-8-22-15-27)13-18(19-14-28-16-29-19)12-17-6-4-3-5-7-17/h3-9,14-15,18H,10-13,16H2,1-2H3. The summed E-state index contributed by atoms with van der Waals surface area (Å²) in [5.41, 5.74) is 1.30. The van der Waals surface area contributed by atoms with Crippen molar-refractivity contribution in [1.29, 1.82) is 0 Å². The van der Waals surface area contributed by atoms with Gasteiger partial charge in [0, 0.05) is 56.5 Å². The van der Waals surface area contributed by atoms with Gasteiger partial charge in [0.2, 0.25) is 17.9 Å². The number of likely N-dealkylation sites (N-methyl/N-ethyl adjacent to an activating group) is 2. The largest absolute Gasteiger partial charge is 0.462 e. The molecule has 2 aromatic heterocycles. The lowest BCUT2D eigenvalue weighted by Crippen LogP contribution is -2.35. The molecule has 3 aromatic rings. The van der Waals surface area contributed by atoms with Crippen molar-refractivity contribution in [2.75, 3.05) is 45.4 Å². The molecule has 9 heteroatoms. The molecule has 0 amide bonds. The lowest BCUT2D eigenvalue weighted by atomic mass is 9.97. The van der Waals surface area contributed by atoms with Crippen molar-refractivity contribution < 1.29 is 9.47 Å². The van der Waals surface area contributed by atoms with E-state index in [2.05, 4.69) is 55.5 Å². The summed E-state index contributed by atoms with van der Waals surface area (Å²) in [6, 6.07) is 10.5. The normalized spacial score (nSPS) is 14.3. The fourth-order valence-electron chi connectivity index (χ4n) is 3.35. The second-order valence-corrected chi connectivity index (χ2v) is 8.10. The minimum atomic E-state index is 0.250. The summed E-state index contributed by atoms with van der Waals surface area (Å²) in [6.45, 7) is 2.94. The van der Waals surface area contributed by atoms with Gasteiger partial charge in [-0.15, -0.1) is 0 Å². The lowest BCUT2D eigenvalue weighted by Gasteiger charge is -2.26. The molecule has 3 heterocycles. The van der Waals surface area contributed by atoms with Crippen LogP contribution in [-0.4, -0.2) is 64.3 Å². The SMILES string of the molecule is CN(CCN(C)c1nc(-n2ccnc2)ns1)CC(Cc1ccccc1)C1=COCO1. The van der Waals surface area contributed by atoms with Gasteiger partial charge in [-0.3, -0.25) is 4.57 Å². The van der Waals surface area contributed by atoms with Crippen molar-refractivity contribution >= 4 is 16.7 Å². The third-order valence-corrected chi connectivity index (χ3v) is 5.86. The first-order valence-corrected chi connectivity index (χ1v) is 10.7. The van der Waals surface area contributed by atoms with Crippen LogP contribution in [0, 0.1) is 5.92 Å². The van der Waals surface area contributed by atoms with Crippen LogP contribution in [0.4, 0.5) is 5.13 Å². The van der Waals surface area contributed by atoms with Gasteiger partial charge in [0.1, 0.15) is 18.3 Å². The lowest BCUT2D eigenvalue weighted by molar-refractivity contribution is 0.0673. The first-order chi connectivity index (χ1) is 14.7. The Morgan fingerprint density at radius 2 is 2.07 bits per heavy atom. The highest BCUT2D eigenvalue weighted by Crippen LogP contribution is 2.23. The molecule has 0 spiro atoms. The van der Waals surface area contributed by atoms with E-state index in [9.17, 15) is 0 Å². The van der Waals surface area contributed by atoms with Crippen molar-refractivity contribution in [3.05, 3.63) is 66.6 Å². The van der Waals surface area contributed by atoms with Gasteiger partial charge in [0.05, 0.1) is 0 Å². The Kier molecular flexibility index (Phi) is 6.60. The van der Waals surface area contributed by atoms with Crippen LogP contribution in [0.15, 0.2) is 61.1 Å². The molecule has 4 rings (SSSR count). The van der Waals surface area contributed by atoms with Crippen molar-refractivity contribution in [1.82, 2.24) is 23.8 Å². The van der Waals surface area contributed by atoms with E-state index in [-0.39, 0.29) is 5.92 Å². The van der Waals surface area contributed by atoms with E-state index in [1.165, 1.54) is 17.1 Å². The molecule has 1 aliphatic rings. The second-order valence-electron chi connectivity index (χ2n) is 7.37. The molecule has 1 atom stereocenters. The third-order valence-electron chi connectivity index (χ3n) is 5.04. The first kappa shape index (κ1) is 20.4. The maximum absolute atomic E-state index is 5.70. The first-order valence-electron chi connectivity index (χ1n) is 9.89. The Morgan fingerprint density at radius 3 is 2.80 bits per heavy atom. The molecule has 0 aliphatic carbocycles. The van der Waals surface area contributed by atoms with E-state index < -0.39 is 0 Å². The van der Waals surface area contributed by atoms with Crippen molar-refractivity contribution in [2.24, 2.45) is 5.92 Å². The summed E-state index contributed by atoms with van der Waals surface area (Å²) >= 11 is 1.40. The average Bonchev–Trinajstić information content (AvgIpc) is 3.54. The van der Waals surface area contributed by atoms with Crippen LogP contribution < -0.4 is 4.90 Å². The smallest absolute Gasteiger partial charge is 0.248 e. The van der Waals surface area contributed by atoms with E-state index >= 15 is 0 Å². The van der Waals surface area contributed by atoms with Crippen LogP contribution >= 0.6 is 11.5 Å². The van der Waals surface area contributed by atoms with Gasteiger partial charge in [-0.1, -0.05) is 30.3 Å². The highest BCUT2D eigenvalue weighted by molar-refractivity contribution is 7.09. The average molecular weight is 427 g/mol. The van der Waals surface area contributed by atoms with Gasteiger partial charge >= 0.3 is 0 Å². The number of benzene rings is 1. The number of hydrogen-bond acceptors (Lipinski definition) is 8. The third kappa shape index (κ3) is 5.17. The number of ether oxygens (including phenoxy) is 2. The molecule has 0 saturated carbocycles. The molecular weight excluding hydrogens is 400 g/mol. The minimum Gasteiger partial charge on any atom is -0.462 e. The van der Waals surface area contributed by atoms with E-state index in [0.29, 0.717) is 12.7 Å². The highest BCUT2D eigenvalue weighted by atomic mass is 32.1. The van der Waals surface area contributed by atoms with Crippen LogP contribution in [0.2, 0.25) is 0 Å². The molecule has 30 heavy (non-hydrogen) atoms. The van der Waals surface area contributed by atoms with Crippen LogP contribution in [0.1, 0.15) is 5.56 Å². The van der Waals surface area contributed by atoms with Crippen LogP contribution in [0.3, 0.4) is 0 Å². The predicted octanol–water partition coefficient (Wildman–Crippen LogP) is 2.80. The summed E-state index contributed by atoms with van der Waals surface area (Å²) in [6.07, 6.45) is 7.94. The quantitative estimate of drug-likeness (QED) is 0.494. The van der Waals surface area contributed by atoms with Gasteiger partial charge in [-0.05, 0) is 19.0 Å². The number of anilines is 1. The summed E-state index contributed by atoms with van der Waals surface area (Å²) in [5, 5.41) is 0.892. The van der Waals surface area contributed by atoms with Crippen molar-refractivity contribution in [3.63, 3.8) is 0 Å². The fraction of sp³-hybridized carbons (Fsp3) is 0.381. The minimum absolute atomic E-state index is 0.250. The Hall–Kier alpha value is -2.91. The molecule has 1 aromatic carbocycles. The Morgan fingerprint density at radius 1 is 1.20 bits per heavy atom.